The fourth-order valence-corrected chi connectivity index (χ4v) is 4.38. The molecule has 0 saturated carbocycles. The van der Waals surface area contributed by atoms with Gasteiger partial charge in [-0.25, -0.2) is 14.8 Å². The van der Waals surface area contributed by atoms with Gasteiger partial charge in [-0.15, -0.1) is 0 Å². The van der Waals surface area contributed by atoms with Crippen molar-refractivity contribution in [3.8, 4) is 0 Å². The lowest BCUT2D eigenvalue weighted by molar-refractivity contribution is 0.0896. The van der Waals surface area contributed by atoms with Crippen molar-refractivity contribution in [3.05, 3.63) is 54.2 Å². The third kappa shape index (κ3) is 3.30. The molecule has 0 aromatic carbocycles. The molecule has 2 atom stereocenters. The fourth-order valence-electron chi connectivity index (χ4n) is 4.38. The molecule has 7 nitrogen and oxygen atoms in total. The van der Waals surface area contributed by atoms with Crippen molar-refractivity contribution in [2.24, 2.45) is 5.92 Å². The molecule has 5 rings (SSSR count). The standard InChI is InChI=1S/C22H25N5O2/c1-15-8-10-26(22(28)29-14-16-5-3-2-4-6-16)13-17(15)19-11-24-20-12-25-21-18(27(19)20)7-9-23-21/h3,5-7,9,11-12,15,17,23H,2,4,8,10,13-14H2,1H3. The topological polar surface area (TPSA) is 75.5 Å². The van der Waals surface area contributed by atoms with Gasteiger partial charge < -0.3 is 14.6 Å². The molecule has 1 amide bonds. The third-order valence-corrected chi connectivity index (χ3v) is 6.10. The first-order valence-corrected chi connectivity index (χ1v) is 10.3. The van der Waals surface area contributed by atoms with Crippen molar-refractivity contribution in [1.29, 1.82) is 0 Å². The Balaban J connectivity index is 1.37. The number of ether oxygens (including phenoxy) is 1. The Hall–Kier alpha value is -3.09. The minimum Gasteiger partial charge on any atom is -0.445 e. The maximum absolute atomic E-state index is 12.7. The Morgan fingerprint density at radius 3 is 3.10 bits per heavy atom. The lowest BCUT2D eigenvalue weighted by atomic mass is 9.85. The third-order valence-electron chi connectivity index (χ3n) is 6.10. The summed E-state index contributed by atoms with van der Waals surface area (Å²) >= 11 is 0. The van der Waals surface area contributed by atoms with E-state index in [0.717, 1.165) is 53.9 Å². The van der Waals surface area contributed by atoms with Gasteiger partial charge >= 0.3 is 6.09 Å². The number of fused-ring (bicyclic) bond motifs is 3. The van der Waals surface area contributed by atoms with E-state index < -0.39 is 0 Å². The van der Waals surface area contributed by atoms with E-state index in [9.17, 15) is 4.79 Å². The molecule has 1 N–H and O–H groups in total. The zero-order valence-electron chi connectivity index (χ0n) is 16.5. The number of aromatic nitrogens is 4. The molecular formula is C22H25N5O2. The predicted octanol–water partition coefficient (Wildman–Crippen LogP) is 4.05. The fraction of sp³-hybridized carbons (Fsp3) is 0.409. The van der Waals surface area contributed by atoms with Gasteiger partial charge in [0.1, 0.15) is 6.61 Å². The van der Waals surface area contributed by atoms with Gasteiger partial charge in [0.2, 0.25) is 0 Å². The first-order valence-electron chi connectivity index (χ1n) is 10.3. The van der Waals surface area contributed by atoms with Gasteiger partial charge in [-0.1, -0.05) is 25.2 Å². The van der Waals surface area contributed by atoms with Crippen LogP contribution in [0.1, 0.15) is 37.8 Å². The van der Waals surface area contributed by atoms with Crippen molar-refractivity contribution in [2.45, 2.75) is 32.1 Å². The number of H-pyrrole nitrogens is 1. The second-order valence-electron chi connectivity index (χ2n) is 7.98. The van der Waals surface area contributed by atoms with Gasteiger partial charge in [-0.3, -0.25) is 4.40 Å². The van der Waals surface area contributed by atoms with Crippen LogP contribution in [-0.2, 0) is 4.74 Å². The normalized spacial score (nSPS) is 22.2. The smallest absolute Gasteiger partial charge is 0.410 e. The second kappa shape index (κ2) is 7.39. The van der Waals surface area contributed by atoms with E-state index in [1.807, 2.05) is 29.4 Å². The number of carbonyl (C=O) groups excluding carboxylic acids is 1. The highest BCUT2D eigenvalue weighted by atomic mass is 16.6. The highest BCUT2D eigenvalue weighted by Crippen LogP contribution is 2.34. The summed E-state index contributed by atoms with van der Waals surface area (Å²) in [6.45, 7) is 3.96. The highest BCUT2D eigenvalue weighted by Gasteiger charge is 2.33. The van der Waals surface area contributed by atoms with E-state index in [0.29, 0.717) is 19.1 Å². The van der Waals surface area contributed by atoms with E-state index in [1.54, 1.807) is 6.20 Å². The maximum Gasteiger partial charge on any atom is 0.410 e. The molecular weight excluding hydrogens is 366 g/mol. The van der Waals surface area contributed by atoms with Gasteiger partial charge in [0.15, 0.2) is 11.3 Å². The number of rotatable bonds is 3. The monoisotopic (exact) mass is 391 g/mol. The summed E-state index contributed by atoms with van der Waals surface area (Å²) in [5, 5.41) is 0. The van der Waals surface area contributed by atoms with Crippen LogP contribution in [0.15, 0.2) is 48.5 Å². The number of nitrogens with one attached hydrogen (secondary N) is 1. The van der Waals surface area contributed by atoms with Crippen LogP contribution < -0.4 is 0 Å². The van der Waals surface area contributed by atoms with Crippen molar-refractivity contribution in [3.63, 3.8) is 0 Å². The zero-order chi connectivity index (χ0) is 19.8. The van der Waals surface area contributed by atoms with Crippen LogP contribution >= 0.6 is 0 Å². The van der Waals surface area contributed by atoms with Crippen molar-refractivity contribution >= 4 is 22.9 Å². The summed E-state index contributed by atoms with van der Waals surface area (Å²) < 4.78 is 7.76. The summed E-state index contributed by atoms with van der Waals surface area (Å²) in [7, 11) is 0. The lowest BCUT2D eigenvalue weighted by Crippen LogP contribution is -2.42. The number of hydrogen-bond acceptors (Lipinski definition) is 4. The minimum atomic E-state index is -0.232. The van der Waals surface area contributed by atoms with E-state index in [2.05, 4.69) is 38.4 Å². The quantitative estimate of drug-likeness (QED) is 0.731. The number of amides is 1. The van der Waals surface area contributed by atoms with Crippen LogP contribution in [0, 0.1) is 5.92 Å². The molecule has 150 valence electrons. The SMILES string of the molecule is CC1CCN(C(=O)OCC2=CCCC=C2)CC1c1cnc2cnc3[nH]ccc3n12. The molecule has 3 aromatic heterocycles. The molecule has 1 fully saturated rings. The first kappa shape index (κ1) is 18.0. The van der Waals surface area contributed by atoms with Gasteiger partial charge in [-0.05, 0) is 36.8 Å². The van der Waals surface area contributed by atoms with E-state index in [-0.39, 0.29) is 12.0 Å². The summed E-state index contributed by atoms with van der Waals surface area (Å²) in [5.74, 6) is 0.644. The number of allylic oxidation sites excluding steroid dienone is 2. The average molecular weight is 391 g/mol. The average Bonchev–Trinajstić information content (AvgIpc) is 3.39. The van der Waals surface area contributed by atoms with Crippen LogP contribution in [0.3, 0.4) is 0 Å². The van der Waals surface area contributed by atoms with Gasteiger partial charge in [-0.2, -0.15) is 0 Å². The highest BCUT2D eigenvalue weighted by molar-refractivity contribution is 5.75. The Morgan fingerprint density at radius 1 is 1.31 bits per heavy atom. The number of piperidine rings is 1. The number of aromatic amines is 1. The van der Waals surface area contributed by atoms with E-state index in [1.165, 1.54) is 0 Å². The molecule has 2 aliphatic rings. The summed E-state index contributed by atoms with van der Waals surface area (Å²) in [4.78, 5) is 26.7. The first-order chi connectivity index (χ1) is 14.2. The largest absolute Gasteiger partial charge is 0.445 e. The van der Waals surface area contributed by atoms with Crippen LogP contribution in [0.25, 0.3) is 16.8 Å². The number of imidazole rings is 1. The van der Waals surface area contributed by atoms with Crippen LogP contribution in [0.4, 0.5) is 4.79 Å². The van der Waals surface area contributed by atoms with Crippen LogP contribution in [-0.4, -0.2) is 50.0 Å². The molecule has 0 spiro atoms. The Kier molecular flexibility index (Phi) is 4.58. The van der Waals surface area contributed by atoms with Crippen molar-refractivity contribution in [2.75, 3.05) is 19.7 Å². The van der Waals surface area contributed by atoms with E-state index in [4.69, 9.17) is 4.74 Å². The number of carbonyl (C=O) groups is 1. The zero-order valence-corrected chi connectivity index (χ0v) is 16.5. The van der Waals surface area contributed by atoms with Crippen molar-refractivity contribution in [1.82, 2.24) is 24.3 Å². The number of likely N-dealkylation sites (tertiary alicyclic amines) is 1. The summed E-state index contributed by atoms with van der Waals surface area (Å²) in [6, 6.07) is 2.02. The summed E-state index contributed by atoms with van der Waals surface area (Å²) in [5.41, 5.74) is 4.88. The second-order valence-corrected chi connectivity index (χ2v) is 7.98. The van der Waals surface area contributed by atoms with Gasteiger partial charge in [0.25, 0.3) is 0 Å². The van der Waals surface area contributed by atoms with Crippen LogP contribution in [0.2, 0.25) is 0 Å². The lowest BCUT2D eigenvalue weighted by Gasteiger charge is -2.36. The van der Waals surface area contributed by atoms with Crippen molar-refractivity contribution < 1.29 is 9.53 Å². The molecule has 1 saturated heterocycles. The van der Waals surface area contributed by atoms with Crippen LogP contribution in [0.5, 0.6) is 0 Å². The minimum absolute atomic E-state index is 0.195. The molecule has 3 aromatic rings. The summed E-state index contributed by atoms with van der Waals surface area (Å²) in [6.07, 6.45) is 14.7. The maximum atomic E-state index is 12.7. The Morgan fingerprint density at radius 2 is 2.24 bits per heavy atom. The van der Waals surface area contributed by atoms with Gasteiger partial charge in [0, 0.05) is 37.1 Å². The molecule has 2 unspecified atom stereocenters. The Bertz CT molecular complexity index is 1110. The molecule has 7 heteroatoms. The molecule has 1 aliphatic heterocycles. The van der Waals surface area contributed by atoms with Gasteiger partial charge in [0.05, 0.1) is 11.7 Å². The molecule has 1 aliphatic carbocycles. The Labute approximate surface area is 169 Å². The molecule has 0 radical (unpaired) electrons. The molecule has 29 heavy (non-hydrogen) atoms. The number of hydrogen-bond donors (Lipinski definition) is 1. The molecule has 4 heterocycles. The predicted molar refractivity (Wildman–Crippen MR) is 111 cm³/mol. The van der Waals surface area contributed by atoms with E-state index >= 15 is 0 Å². The molecule has 0 bridgehead atoms. The number of nitrogens with zero attached hydrogens (tertiary/aromatic N) is 4.